The molecule has 0 aliphatic rings. The summed E-state index contributed by atoms with van der Waals surface area (Å²) in [7, 11) is 0. The second kappa shape index (κ2) is 5.97. The minimum atomic E-state index is 0.300. The third-order valence-electron chi connectivity index (χ3n) is 2.47. The minimum absolute atomic E-state index is 0.300. The van der Waals surface area contributed by atoms with E-state index in [1.165, 1.54) is 0 Å². The van der Waals surface area contributed by atoms with Crippen molar-refractivity contribution in [2.24, 2.45) is 5.73 Å². The van der Waals surface area contributed by atoms with Crippen molar-refractivity contribution in [3.63, 3.8) is 0 Å². The number of hydrogen-bond donors (Lipinski definition) is 2. The molecule has 0 saturated heterocycles. The Morgan fingerprint density at radius 2 is 1.74 bits per heavy atom. The first-order valence-electron chi connectivity index (χ1n) is 5.29. The molecule has 0 heterocycles. The molecule has 0 radical (unpaired) electrons. The van der Waals surface area contributed by atoms with Gasteiger partial charge in [-0.05, 0) is 30.3 Å². The maximum Gasteiger partial charge on any atom is 0.104 e. The summed E-state index contributed by atoms with van der Waals surface area (Å²) in [6.45, 7) is 0. The molecule has 0 bridgehead atoms. The van der Waals surface area contributed by atoms with Gasteiger partial charge < -0.3 is 11.1 Å². The lowest BCUT2D eigenvalue weighted by Crippen LogP contribution is -2.09. The highest BCUT2D eigenvalue weighted by atomic mass is 35.5. The Morgan fingerprint density at radius 3 is 2.37 bits per heavy atom. The molecule has 0 aliphatic carbocycles. The van der Waals surface area contributed by atoms with Crippen LogP contribution in [-0.2, 0) is 0 Å². The summed E-state index contributed by atoms with van der Waals surface area (Å²) in [5.41, 5.74) is 7.63. The summed E-state index contributed by atoms with van der Waals surface area (Å²) < 4.78 is 0. The summed E-state index contributed by atoms with van der Waals surface area (Å²) in [5, 5.41) is 4.53. The Balaban J connectivity index is 2.34. The maximum absolute atomic E-state index is 6.16. The van der Waals surface area contributed by atoms with Gasteiger partial charge in [-0.3, -0.25) is 0 Å². The molecule has 2 aromatic rings. The average molecular weight is 332 g/mol. The number of nitrogens with one attached hydrogen (secondary N) is 1. The molecule has 0 fully saturated rings. The van der Waals surface area contributed by atoms with Crippen LogP contribution in [0.4, 0.5) is 11.4 Å². The zero-order valence-electron chi connectivity index (χ0n) is 9.58. The fraction of sp³-hybridized carbons (Fsp3) is 0. The third kappa shape index (κ3) is 3.31. The molecular weight excluding hydrogens is 323 g/mol. The van der Waals surface area contributed by atoms with E-state index in [4.69, 9.17) is 52.8 Å². The van der Waals surface area contributed by atoms with E-state index in [0.717, 1.165) is 0 Å². The van der Waals surface area contributed by atoms with Crippen LogP contribution in [0.2, 0.25) is 15.1 Å². The van der Waals surface area contributed by atoms with Gasteiger partial charge in [0.25, 0.3) is 0 Å². The van der Waals surface area contributed by atoms with E-state index < -0.39 is 0 Å². The highest BCUT2D eigenvalue weighted by Gasteiger charge is 2.08. The second-order valence-electron chi connectivity index (χ2n) is 3.79. The van der Waals surface area contributed by atoms with Gasteiger partial charge in [0.05, 0.1) is 26.4 Å². The molecule has 6 heteroatoms. The number of anilines is 2. The van der Waals surface area contributed by atoms with Crippen LogP contribution < -0.4 is 11.1 Å². The number of benzene rings is 2. The molecule has 3 N–H and O–H groups in total. The summed E-state index contributed by atoms with van der Waals surface area (Å²) in [4.78, 5) is 0.300. The smallest absolute Gasteiger partial charge is 0.104 e. The number of rotatable bonds is 3. The summed E-state index contributed by atoms with van der Waals surface area (Å²) >= 11 is 23.1. The van der Waals surface area contributed by atoms with Gasteiger partial charge in [-0.15, -0.1) is 0 Å². The summed E-state index contributed by atoms with van der Waals surface area (Å²) in [5.74, 6) is 0. The van der Waals surface area contributed by atoms with Crippen molar-refractivity contribution in [3.8, 4) is 0 Å². The first-order valence-corrected chi connectivity index (χ1v) is 6.83. The van der Waals surface area contributed by atoms with Crippen LogP contribution in [-0.4, -0.2) is 4.99 Å². The Morgan fingerprint density at radius 1 is 1.00 bits per heavy atom. The van der Waals surface area contributed by atoms with E-state index in [1.54, 1.807) is 30.3 Å². The molecule has 2 nitrogen and oxygen atoms in total. The first-order chi connectivity index (χ1) is 8.99. The Labute approximate surface area is 131 Å². The lowest BCUT2D eigenvalue weighted by atomic mass is 10.2. The molecule has 0 atom stereocenters. The normalized spacial score (nSPS) is 10.3. The van der Waals surface area contributed by atoms with Crippen LogP contribution in [0.1, 0.15) is 5.56 Å². The highest BCUT2D eigenvalue weighted by Crippen LogP contribution is 2.34. The zero-order chi connectivity index (χ0) is 14.0. The standard InChI is InChI=1S/C13H9Cl3N2S/c14-8-2-1-3-11(12(8)16)18-10-5-4-7(13(17)19)6-9(10)15/h1-6,18H,(H2,17,19). The van der Waals surface area contributed by atoms with Crippen molar-refractivity contribution < 1.29 is 0 Å². The molecule has 2 rings (SSSR count). The molecular formula is C13H9Cl3N2S. The number of thiocarbonyl (C=S) groups is 1. The van der Waals surface area contributed by atoms with Crippen LogP contribution in [0.3, 0.4) is 0 Å². The highest BCUT2D eigenvalue weighted by molar-refractivity contribution is 7.80. The van der Waals surface area contributed by atoms with Gasteiger partial charge in [0, 0.05) is 5.56 Å². The largest absolute Gasteiger partial charge is 0.389 e. The van der Waals surface area contributed by atoms with Crippen molar-refractivity contribution in [3.05, 3.63) is 57.0 Å². The van der Waals surface area contributed by atoms with Crippen LogP contribution in [0.15, 0.2) is 36.4 Å². The van der Waals surface area contributed by atoms with Gasteiger partial charge in [-0.25, -0.2) is 0 Å². The Hall–Kier alpha value is -1.000. The van der Waals surface area contributed by atoms with E-state index in [-0.39, 0.29) is 0 Å². The number of hydrogen-bond acceptors (Lipinski definition) is 2. The Kier molecular flexibility index (Phi) is 4.53. The lowest BCUT2D eigenvalue weighted by molar-refractivity contribution is 1.53. The molecule has 0 amide bonds. The van der Waals surface area contributed by atoms with Crippen LogP contribution in [0.25, 0.3) is 0 Å². The van der Waals surface area contributed by atoms with E-state index >= 15 is 0 Å². The number of nitrogens with two attached hydrogens (primary N) is 1. The predicted molar refractivity (Wildman–Crippen MR) is 87.1 cm³/mol. The number of halogens is 3. The van der Waals surface area contributed by atoms with Crippen LogP contribution in [0, 0.1) is 0 Å². The molecule has 0 saturated carbocycles. The Bertz CT molecular complexity index is 644. The van der Waals surface area contributed by atoms with Gasteiger partial charge in [0.15, 0.2) is 0 Å². The molecule has 0 unspecified atom stereocenters. The summed E-state index contributed by atoms with van der Waals surface area (Å²) in [6, 6.07) is 10.6. The SMILES string of the molecule is NC(=S)c1ccc(Nc2cccc(Cl)c2Cl)c(Cl)c1. The molecule has 0 spiro atoms. The third-order valence-corrected chi connectivity index (χ3v) is 3.84. The molecule has 0 aliphatic heterocycles. The predicted octanol–water partition coefficient (Wildman–Crippen LogP) is 5.02. The van der Waals surface area contributed by atoms with Crippen molar-refractivity contribution in [1.29, 1.82) is 0 Å². The van der Waals surface area contributed by atoms with Crippen LogP contribution >= 0.6 is 47.0 Å². The molecule has 2 aromatic carbocycles. The van der Waals surface area contributed by atoms with E-state index in [9.17, 15) is 0 Å². The van der Waals surface area contributed by atoms with Gasteiger partial charge in [0.1, 0.15) is 4.99 Å². The monoisotopic (exact) mass is 330 g/mol. The van der Waals surface area contributed by atoms with Gasteiger partial charge >= 0.3 is 0 Å². The van der Waals surface area contributed by atoms with Crippen molar-refractivity contribution in [2.75, 3.05) is 5.32 Å². The molecule has 98 valence electrons. The fourth-order valence-electron chi connectivity index (χ4n) is 1.52. The van der Waals surface area contributed by atoms with Gasteiger partial charge in [-0.2, -0.15) is 0 Å². The average Bonchev–Trinajstić information content (AvgIpc) is 2.37. The second-order valence-corrected chi connectivity index (χ2v) is 5.42. The maximum atomic E-state index is 6.16. The quantitative estimate of drug-likeness (QED) is 0.775. The van der Waals surface area contributed by atoms with Crippen LogP contribution in [0.5, 0.6) is 0 Å². The lowest BCUT2D eigenvalue weighted by Gasteiger charge is -2.11. The van der Waals surface area contributed by atoms with Gasteiger partial charge in [0.2, 0.25) is 0 Å². The van der Waals surface area contributed by atoms with Crippen molar-refractivity contribution in [1.82, 2.24) is 0 Å². The van der Waals surface area contributed by atoms with E-state index in [2.05, 4.69) is 5.32 Å². The molecule has 19 heavy (non-hydrogen) atoms. The van der Waals surface area contributed by atoms with E-state index in [0.29, 0.717) is 37.0 Å². The van der Waals surface area contributed by atoms with E-state index in [1.807, 2.05) is 6.07 Å². The zero-order valence-corrected chi connectivity index (χ0v) is 12.7. The summed E-state index contributed by atoms with van der Waals surface area (Å²) in [6.07, 6.45) is 0. The molecule has 0 aromatic heterocycles. The van der Waals surface area contributed by atoms with Crippen molar-refractivity contribution >= 4 is 63.4 Å². The van der Waals surface area contributed by atoms with Gasteiger partial charge in [-0.1, -0.05) is 53.1 Å². The first kappa shape index (κ1) is 14.4. The topological polar surface area (TPSA) is 38.0 Å². The fourth-order valence-corrected chi connectivity index (χ4v) is 2.22. The van der Waals surface area contributed by atoms with Crippen molar-refractivity contribution in [2.45, 2.75) is 0 Å². The minimum Gasteiger partial charge on any atom is -0.389 e.